The summed E-state index contributed by atoms with van der Waals surface area (Å²) in [5, 5.41) is 12.1. The highest BCUT2D eigenvalue weighted by Gasteiger charge is 2.45. The minimum Gasteiger partial charge on any atom is -0.354 e. The van der Waals surface area contributed by atoms with Crippen LogP contribution in [0, 0.1) is 22.2 Å². The van der Waals surface area contributed by atoms with Crippen molar-refractivity contribution in [2.75, 3.05) is 6.54 Å². The minimum absolute atomic E-state index is 0.0269. The van der Waals surface area contributed by atoms with Crippen LogP contribution in [-0.2, 0) is 4.79 Å². The molecule has 2 aliphatic carbocycles. The van der Waals surface area contributed by atoms with E-state index in [1.165, 1.54) is 19.3 Å². The van der Waals surface area contributed by atoms with Gasteiger partial charge in [-0.05, 0) is 43.9 Å². The molecule has 1 amide bonds. The lowest BCUT2D eigenvalue weighted by molar-refractivity contribution is -0.132. The molecule has 0 bridgehead atoms. The molecule has 0 unspecified atom stereocenters. The normalized spacial score (nSPS) is 24.8. The SMILES string of the molecule is CCC1(CNC(=O)C2(C#N)CCC2)CCC1. The van der Waals surface area contributed by atoms with Gasteiger partial charge in [0.1, 0.15) is 5.41 Å². The van der Waals surface area contributed by atoms with Crippen molar-refractivity contribution in [2.45, 2.75) is 51.9 Å². The van der Waals surface area contributed by atoms with Crippen LogP contribution in [0.1, 0.15) is 51.9 Å². The summed E-state index contributed by atoms with van der Waals surface area (Å²) in [6.07, 6.45) is 7.37. The van der Waals surface area contributed by atoms with E-state index in [0.717, 1.165) is 32.2 Å². The fraction of sp³-hybridized carbons (Fsp3) is 0.846. The number of carbonyl (C=O) groups is 1. The second-order valence-corrected chi connectivity index (χ2v) is 5.44. The largest absolute Gasteiger partial charge is 0.354 e. The lowest BCUT2D eigenvalue weighted by atomic mass is 9.66. The zero-order valence-electron chi connectivity index (χ0n) is 10.0. The van der Waals surface area contributed by atoms with Gasteiger partial charge in [-0.15, -0.1) is 0 Å². The first-order valence-corrected chi connectivity index (χ1v) is 6.36. The van der Waals surface area contributed by atoms with E-state index in [9.17, 15) is 4.79 Å². The van der Waals surface area contributed by atoms with Gasteiger partial charge in [-0.3, -0.25) is 4.79 Å². The van der Waals surface area contributed by atoms with E-state index in [-0.39, 0.29) is 5.91 Å². The van der Waals surface area contributed by atoms with Crippen molar-refractivity contribution < 1.29 is 4.79 Å². The standard InChI is InChI=1S/C13H20N2O/c1-2-12(5-3-6-12)10-15-11(16)13(9-14)7-4-8-13/h2-8,10H2,1H3,(H,15,16). The number of amides is 1. The van der Waals surface area contributed by atoms with Gasteiger partial charge in [-0.25, -0.2) is 0 Å². The summed E-state index contributed by atoms with van der Waals surface area (Å²) in [6, 6.07) is 2.19. The van der Waals surface area contributed by atoms with Crippen LogP contribution in [0.25, 0.3) is 0 Å². The lowest BCUT2D eigenvalue weighted by Crippen LogP contribution is -2.49. The van der Waals surface area contributed by atoms with Gasteiger partial charge in [0.25, 0.3) is 0 Å². The highest BCUT2D eigenvalue weighted by molar-refractivity contribution is 5.86. The van der Waals surface area contributed by atoms with Crippen LogP contribution in [0.15, 0.2) is 0 Å². The third-order valence-corrected chi connectivity index (χ3v) is 4.64. The first kappa shape index (κ1) is 11.4. The first-order chi connectivity index (χ1) is 7.66. The Morgan fingerprint density at radius 1 is 1.31 bits per heavy atom. The molecule has 0 atom stereocenters. The number of nitrogens with one attached hydrogen (secondary N) is 1. The Morgan fingerprint density at radius 3 is 2.25 bits per heavy atom. The fourth-order valence-corrected chi connectivity index (χ4v) is 2.69. The maximum Gasteiger partial charge on any atom is 0.240 e. The van der Waals surface area contributed by atoms with Gasteiger partial charge in [0, 0.05) is 6.54 Å². The molecular weight excluding hydrogens is 200 g/mol. The maximum atomic E-state index is 11.9. The Kier molecular flexibility index (Phi) is 2.92. The number of rotatable bonds is 4. The summed E-state index contributed by atoms with van der Waals surface area (Å²) in [4.78, 5) is 11.9. The number of nitrogens with zero attached hydrogens (tertiary/aromatic N) is 1. The van der Waals surface area contributed by atoms with E-state index in [0.29, 0.717) is 5.41 Å². The molecule has 2 rings (SSSR count). The summed E-state index contributed by atoms with van der Waals surface area (Å²) in [7, 11) is 0. The maximum absolute atomic E-state index is 11.9. The molecule has 3 heteroatoms. The monoisotopic (exact) mass is 220 g/mol. The molecule has 0 radical (unpaired) electrons. The molecule has 0 spiro atoms. The van der Waals surface area contributed by atoms with Crippen LogP contribution < -0.4 is 5.32 Å². The van der Waals surface area contributed by atoms with E-state index in [2.05, 4.69) is 18.3 Å². The minimum atomic E-state index is -0.682. The van der Waals surface area contributed by atoms with E-state index in [1.807, 2.05) is 0 Å². The molecular formula is C13H20N2O. The van der Waals surface area contributed by atoms with Crippen molar-refractivity contribution in [3.63, 3.8) is 0 Å². The van der Waals surface area contributed by atoms with Gasteiger partial charge in [0.2, 0.25) is 5.91 Å². The van der Waals surface area contributed by atoms with Crippen LogP contribution in [0.3, 0.4) is 0 Å². The van der Waals surface area contributed by atoms with E-state index < -0.39 is 5.41 Å². The van der Waals surface area contributed by atoms with Crippen molar-refractivity contribution in [1.29, 1.82) is 5.26 Å². The molecule has 88 valence electrons. The van der Waals surface area contributed by atoms with E-state index in [4.69, 9.17) is 5.26 Å². The third-order valence-electron chi connectivity index (χ3n) is 4.64. The van der Waals surface area contributed by atoms with Crippen molar-refractivity contribution in [3.8, 4) is 6.07 Å². The number of carbonyl (C=O) groups excluding carboxylic acids is 1. The number of hydrogen-bond acceptors (Lipinski definition) is 2. The summed E-state index contributed by atoms with van der Waals surface area (Å²) in [5.41, 5.74) is -0.339. The highest BCUT2D eigenvalue weighted by atomic mass is 16.2. The molecule has 3 nitrogen and oxygen atoms in total. The van der Waals surface area contributed by atoms with Crippen molar-refractivity contribution in [1.82, 2.24) is 5.32 Å². The predicted octanol–water partition coefficient (Wildman–Crippen LogP) is 2.38. The van der Waals surface area contributed by atoms with Gasteiger partial charge in [-0.2, -0.15) is 5.26 Å². The average molecular weight is 220 g/mol. The Bertz CT molecular complexity index is 316. The van der Waals surface area contributed by atoms with Crippen LogP contribution >= 0.6 is 0 Å². The molecule has 0 saturated heterocycles. The van der Waals surface area contributed by atoms with Gasteiger partial charge >= 0.3 is 0 Å². The molecule has 2 saturated carbocycles. The Balaban J connectivity index is 1.86. The second-order valence-electron chi connectivity index (χ2n) is 5.44. The molecule has 0 aromatic carbocycles. The van der Waals surface area contributed by atoms with Gasteiger partial charge in [-0.1, -0.05) is 13.3 Å². The quantitative estimate of drug-likeness (QED) is 0.790. The summed E-state index contributed by atoms with van der Waals surface area (Å²) in [6.45, 7) is 2.96. The predicted molar refractivity (Wildman–Crippen MR) is 61.5 cm³/mol. The van der Waals surface area contributed by atoms with Crippen molar-refractivity contribution in [3.05, 3.63) is 0 Å². The first-order valence-electron chi connectivity index (χ1n) is 6.36. The smallest absolute Gasteiger partial charge is 0.240 e. The third kappa shape index (κ3) is 1.71. The summed E-state index contributed by atoms with van der Waals surface area (Å²) in [5.74, 6) is -0.0269. The highest BCUT2D eigenvalue weighted by Crippen LogP contribution is 2.44. The molecule has 0 aliphatic heterocycles. The summed E-state index contributed by atoms with van der Waals surface area (Å²) < 4.78 is 0. The average Bonchev–Trinajstić information content (AvgIpc) is 2.16. The molecule has 2 fully saturated rings. The van der Waals surface area contributed by atoms with E-state index in [1.54, 1.807) is 0 Å². The van der Waals surface area contributed by atoms with E-state index >= 15 is 0 Å². The Morgan fingerprint density at radius 2 is 1.94 bits per heavy atom. The molecule has 0 aromatic rings. The molecule has 1 N–H and O–H groups in total. The van der Waals surface area contributed by atoms with Gasteiger partial charge in [0.15, 0.2) is 0 Å². The zero-order valence-corrected chi connectivity index (χ0v) is 10.0. The van der Waals surface area contributed by atoms with Crippen LogP contribution in [0.4, 0.5) is 0 Å². The molecule has 2 aliphatic rings. The molecule has 16 heavy (non-hydrogen) atoms. The van der Waals surface area contributed by atoms with Gasteiger partial charge in [0.05, 0.1) is 6.07 Å². The van der Waals surface area contributed by atoms with Crippen molar-refractivity contribution >= 4 is 5.91 Å². The zero-order chi connectivity index (χ0) is 11.6. The van der Waals surface area contributed by atoms with Crippen LogP contribution in [-0.4, -0.2) is 12.5 Å². The number of nitriles is 1. The second kappa shape index (κ2) is 4.08. The Labute approximate surface area is 97.2 Å². The topological polar surface area (TPSA) is 52.9 Å². The fourth-order valence-electron chi connectivity index (χ4n) is 2.69. The van der Waals surface area contributed by atoms with Gasteiger partial charge < -0.3 is 5.32 Å². The Hall–Kier alpha value is -1.04. The van der Waals surface area contributed by atoms with Crippen LogP contribution in [0.2, 0.25) is 0 Å². The van der Waals surface area contributed by atoms with Crippen LogP contribution in [0.5, 0.6) is 0 Å². The van der Waals surface area contributed by atoms with Crippen molar-refractivity contribution in [2.24, 2.45) is 10.8 Å². The summed E-state index contributed by atoms with van der Waals surface area (Å²) >= 11 is 0. The molecule has 0 aromatic heterocycles. The molecule has 0 heterocycles. The number of hydrogen-bond donors (Lipinski definition) is 1. The lowest BCUT2D eigenvalue weighted by Gasteiger charge is -2.42.